The predicted molar refractivity (Wildman–Crippen MR) is 94.4 cm³/mol. The number of sulfonamides is 1. The number of fused-ring (bicyclic) bond motifs is 1. The zero-order valence-electron chi connectivity index (χ0n) is 15.2. The topological polar surface area (TPSA) is 119 Å². The Morgan fingerprint density at radius 2 is 2.30 bits per heavy atom. The molecule has 146 valence electrons. The molecule has 1 aliphatic carbocycles. The molecule has 3 heterocycles. The number of nitrogens with one attached hydrogen (secondary N) is 1. The van der Waals surface area contributed by atoms with E-state index in [2.05, 4.69) is 14.9 Å². The third kappa shape index (κ3) is 3.16. The maximum Gasteiger partial charge on any atom is 0.289 e. The first-order valence-electron chi connectivity index (χ1n) is 8.96. The van der Waals surface area contributed by atoms with E-state index in [9.17, 15) is 13.2 Å². The number of furan rings is 1. The lowest BCUT2D eigenvalue weighted by molar-refractivity contribution is 0.0741. The molecule has 0 radical (unpaired) electrons. The third-order valence-corrected chi connectivity index (χ3v) is 7.03. The molecule has 0 aromatic carbocycles. The molecular weight excluding hydrogens is 372 g/mol. The molecule has 0 bridgehead atoms. The van der Waals surface area contributed by atoms with E-state index in [4.69, 9.17) is 8.94 Å². The molecule has 3 atom stereocenters. The highest BCUT2D eigenvalue weighted by Crippen LogP contribution is 2.50. The van der Waals surface area contributed by atoms with Crippen molar-refractivity contribution < 1.29 is 22.2 Å². The molecule has 2 aromatic heterocycles. The highest BCUT2D eigenvalue weighted by Gasteiger charge is 2.58. The molecule has 1 aliphatic heterocycles. The van der Waals surface area contributed by atoms with Crippen LogP contribution in [0.4, 0.5) is 0 Å². The second-order valence-corrected chi connectivity index (χ2v) is 9.36. The fourth-order valence-corrected chi connectivity index (χ4v) is 5.19. The zero-order valence-corrected chi connectivity index (χ0v) is 16.0. The van der Waals surface area contributed by atoms with Gasteiger partial charge in [0, 0.05) is 19.1 Å². The SMILES string of the molecule is CCS(=O)(=O)N[C@@H]1C[C@H]2CN(C(=O)c3ccco3)C[C@@]2(c2nc(C)no2)C1. The number of aryl methyl sites for hydroxylation is 1. The molecular formula is C17H22N4O5S. The summed E-state index contributed by atoms with van der Waals surface area (Å²) in [5.41, 5.74) is -0.551. The lowest BCUT2D eigenvalue weighted by Gasteiger charge is -2.25. The van der Waals surface area contributed by atoms with E-state index in [0.717, 1.165) is 0 Å². The number of likely N-dealkylation sites (tertiary alicyclic amines) is 1. The van der Waals surface area contributed by atoms with E-state index >= 15 is 0 Å². The fraction of sp³-hybridized carbons (Fsp3) is 0.588. The van der Waals surface area contributed by atoms with Crippen LogP contribution in [0.5, 0.6) is 0 Å². The predicted octanol–water partition coefficient (Wildman–Crippen LogP) is 1.08. The van der Waals surface area contributed by atoms with Crippen molar-refractivity contribution in [1.82, 2.24) is 19.8 Å². The summed E-state index contributed by atoms with van der Waals surface area (Å²) in [5.74, 6) is 1.15. The molecule has 2 aliphatic rings. The summed E-state index contributed by atoms with van der Waals surface area (Å²) < 4.78 is 37.5. The second-order valence-electron chi connectivity index (χ2n) is 7.32. The van der Waals surface area contributed by atoms with Crippen LogP contribution in [-0.4, -0.2) is 54.2 Å². The molecule has 1 saturated carbocycles. The zero-order chi connectivity index (χ0) is 19.2. The summed E-state index contributed by atoms with van der Waals surface area (Å²) >= 11 is 0. The van der Waals surface area contributed by atoms with Crippen LogP contribution in [0.3, 0.4) is 0 Å². The van der Waals surface area contributed by atoms with Crippen molar-refractivity contribution in [1.29, 1.82) is 0 Å². The summed E-state index contributed by atoms with van der Waals surface area (Å²) in [6.45, 7) is 4.24. The van der Waals surface area contributed by atoms with Gasteiger partial charge in [0.15, 0.2) is 11.6 Å². The van der Waals surface area contributed by atoms with Crippen molar-refractivity contribution in [2.75, 3.05) is 18.8 Å². The standard InChI is InChI=1S/C17H22N4O5S/c1-3-27(23,24)20-13-7-12-9-21(15(22)14-5-4-6-25-14)10-17(12,8-13)16-18-11(2)19-26-16/h4-6,12-13,20H,3,7-10H2,1-2H3/t12-,13+,17-/m0/s1. The minimum atomic E-state index is -3.32. The van der Waals surface area contributed by atoms with Crippen molar-refractivity contribution in [3.8, 4) is 0 Å². The third-order valence-electron chi connectivity index (χ3n) is 5.57. The Kier molecular flexibility index (Phi) is 4.34. The molecule has 2 aromatic rings. The Hall–Kier alpha value is -2.20. The van der Waals surface area contributed by atoms with Crippen LogP contribution in [-0.2, 0) is 15.4 Å². The number of hydrogen-bond donors (Lipinski definition) is 1. The van der Waals surface area contributed by atoms with Crippen molar-refractivity contribution in [2.45, 2.75) is 38.1 Å². The molecule has 2 fully saturated rings. The van der Waals surface area contributed by atoms with Crippen LogP contribution in [0.2, 0.25) is 0 Å². The Morgan fingerprint density at radius 3 is 2.93 bits per heavy atom. The van der Waals surface area contributed by atoms with E-state index in [1.807, 2.05) is 0 Å². The molecule has 4 rings (SSSR count). The largest absolute Gasteiger partial charge is 0.459 e. The van der Waals surface area contributed by atoms with Crippen LogP contribution in [0.25, 0.3) is 0 Å². The second kappa shape index (κ2) is 6.45. The number of aromatic nitrogens is 2. The minimum absolute atomic E-state index is 0.0285. The van der Waals surface area contributed by atoms with Gasteiger partial charge in [0.2, 0.25) is 15.9 Å². The van der Waals surface area contributed by atoms with Gasteiger partial charge in [-0.1, -0.05) is 5.16 Å². The van der Waals surface area contributed by atoms with E-state index < -0.39 is 15.4 Å². The van der Waals surface area contributed by atoms with Crippen molar-refractivity contribution in [3.63, 3.8) is 0 Å². The van der Waals surface area contributed by atoms with Gasteiger partial charge in [0.1, 0.15) is 0 Å². The molecule has 27 heavy (non-hydrogen) atoms. The first kappa shape index (κ1) is 18.2. The van der Waals surface area contributed by atoms with Gasteiger partial charge in [-0.15, -0.1) is 0 Å². The molecule has 0 unspecified atom stereocenters. The van der Waals surface area contributed by atoms with Gasteiger partial charge in [0.25, 0.3) is 5.91 Å². The molecule has 1 saturated heterocycles. The molecule has 0 spiro atoms. The minimum Gasteiger partial charge on any atom is -0.459 e. The van der Waals surface area contributed by atoms with Crippen LogP contribution in [0.1, 0.15) is 42.0 Å². The van der Waals surface area contributed by atoms with E-state index in [1.165, 1.54) is 6.26 Å². The van der Waals surface area contributed by atoms with Gasteiger partial charge in [0.05, 0.1) is 17.4 Å². The maximum absolute atomic E-state index is 12.7. The van der Waals surface area contributed by atoms with Gasteiger partial charge < -0.3 is 13.8 Å². The highest BCUT2D eigenvalue weighted by atomic mass is 32.2. The summed E-state index contributed by atoms with van der Waals surface area (Å²) in [5, 5.41) is 3.91. The number of carbonyl (C=O) groups is 1. The van der Waals surface area contributed by atoms with E-state index in [1.54, 1.807) is 30.9 Å². The van der Waals surface area contributed by atoms with Crippen LogP contribution in [0, 0.1) is 12.8 Å². The van der Waals surface area contributed by atoms with Gasteiger partial charge in [-0.25, -0.2) is 13.1 Å². The average Bonchev–Trinajstić information content (AvgIpc) is 3.36. The monoisotopic (exact) mass is 394 g/mol. The number of nitrogens with zero attached hydrogens (tertiary/aromatic N) is 3. The Morgan fingerprint density at radius 1 is 1.48 bits per heavy atom. The number of hydrogen-bond acceptors (Lipinski definition) is 7. The summed E-state index contributed by atoms with van der Waals surface area (Å²) in [6, 6.07) is 3.10. The Balaban J connectivity index is 1.62. The van der Waals surface area contributed by atoms with Crippen molar-refractivity contribution in [3.05, 3.63) is 35.9 Å². The Bertz CT molecular complexity index is 938. The first-order valence-corrected chi connectivity index (χ1v) is 10.6. The van der Waals surface area contributed by atoms with E-state index in [-0.39, 0.29) is 29.4 Å². The van der Waals surface area contributed by atoms with Gasteiger partial charge in [-0.2, -0.15) is 4.98 Å². The Labute approximate surface area is 157 Å². The molecule has 1 amide bonds. The molecule has 9 nitrogen and oxygen atoms in total. The van der Waals surface area contributed by atoms with Crippen LogP contribution in [0.15, 0.2) is 27.3 Å². The van der Waals surface area contributed by atoms with Gasteiger partial charge in [-0.3, -0.25) is 4.79 Å². The van der Waals surface area contributed by atoms with Gasteiger partial charge >= 0.3 is 0 Å². The lowest BCUT2D eigenvalue weighted by atomic mass is 9.80. The van der Waals surface area contributed by atoms with E-state index in [0.29, 0.717) is 37.6 Å². The lowest BCUT2D eigenvalue weighted by Crippen LogP contribution is -2.39. The number of rotatable bonds is 5. The highest BCUT2D eigenvalue weighted by molar-refractivity contribution is 7.89. The fourth-order valence-electron chi connectivity index (χ4n) is 4.34. The molecule has 10 heteroatoms. The van der Waals surface area contributed by atoms with Crippen molar-refractivity contribution >= 4 is 15.9 Å². The number of carbonyl (C=O) groups excluding carboxylic acids is 1. The van der Waals surface area contributed by atoms with Crippen LogP contribution >= 0.6 is 0 Å². The average molecular weight is 394 g/mol. The summed E-state index contributed by atoms with van der Waals surface area (Å²) in [6.07, 6.45) is 2.60. The summed E-state index contributed by atoms with van der Waals surface area (Å²) in [7, 11) is -3.32. The molecule has 1 N–H and O–H groups in total. The van der Waals surface area contributed by atoms with Gasteiger partial charge in [-0.05, 0) is 44.7 Å². The maximum atomic E-state index is 12.7. The normalized spacial score (nSPS) is 27.9. The quantitative estimate of drug-likeness (QED) is 0.806. The first-order chi connectivity index (χ1) is 12.8. The van der Waals surface area contributed by atoms with Crippen molar-refractivity contribution in [2.24, 2.45) is 5.92 Å². The van der Waals surface area contributed by atoms with Crippen LogP contribution < -0.4 is 4.72 Å². The number of amides is 1. The smallest absolute Gasteiger partial charge is 0.289 e. The summed E-state index contributed by atoms with van der Waals surface area (Å²) in [4.78, 5) is 18.9.